The van der Waals surface area contributed by atoms with E-state index in [1.54, 1.807) is 36.4 Å². The number of esters is 1. The zero-order chi connectivity index (χ0) is 18.8. The van der Waals surface area contributed by atoms with Crippen molar-refractivity contribution in [1.29, 1.82) is 0 Å². The van der Waals surface area contributed by atoms with Crippen molar-refractivity contribution < 1.29 is 28.5 Å². The van der Waals surface area contributed by atoms with E-state index in [0.717, 1.165) is 5.56 Å². The predicted octanol–water partition coefficient (Wildman–Crippen LogP) is 2.82. The number of methoxy groups -OCH3 is 2. The molecule has 138 valence electrons. The molecule has 0 spiro atoms. The van der Waals surface area contributed by atoms with Gasteiger partial charge in [0, 0.05) is 0 Å². The van der Waals surface area contributed by atoms with E-state index in [2.05, 4.69) is 4.99 Å². The predicted molar refractivity (Wildman–Crippen MR) is 97.6 cm³/mol. The summed E-state index contributed by atoms with van der Waals surface area (Å²) in [5.41, 5.74) is 1.42. The number of carbonyl (C=O) groups excluding carboxylic acids is 1. The van der Waals surface area contributed by atoms with E-state index >= 15 is 0 Å². The zero-order valence-corrected chi connectivity index (χ0v) is 14.9. The number of fused-ring (bicyclic) bond motifs is 1. The van der Waals surface area contributed by atoms with E-state index in [-0.39, 0.29) is 11.6 Å². The van der Waals surface area contributed by atoms with Crippen LogP contribution < -0.4 is 18.9 Å². The topological polar surface area (TPSA) is 75.6 Å². The summed E-state index contributed by atoms with van der Waals surface area (Å²) in [5, 5.41) is 0. The van der Waals surface area contributed by atoms with Crippen LogP contribution in [0.15, 0.2) is 47.1 Å². The van der Waals surface area contributed by atoms with Gasteiger partial charge >= 0.3 is 5.97 Å². The molecule has 2 aliphatic rings. The first-order valence-corrected chi connectivity index (χ1v) is 8.33. The number of benzene rings is 2. The van der Waals surface area contributed by atoms with E-state index in [1.165, 1.54) is 14.2 Å². The highest BCUT2D eigenvalue weighted by Crippen LogP contribution is 2.34. The van der Waals surface area contributed by atoms with Crippen LogP contribution in [0.2, 0.25) is 0 Å². The van der Waals surface area contributed by atoms with Gasteiger partial charge in [0.25, 0.3) is 0 Å². The lowest BCUT2D eigenvalue weighted by atomic mass is 10.1. The van der Waals surface area contributed by atoms with Crippen molar-refractivity contribution in [3.05, 3.63) is 53.2 Å². The monoisotopic (exact) mass is 367 g/mol. The van der Waals surface area contributed by atoms with E-state index in [1.807, 2.05) is 6.07 Å². The molecule has 7 heteroatoms. The second-order valence-electron chi connectivity index (χ2n) is 5.78. The Labute approximate surface area is 155 Å². The molecule has 0 aliphatic carbocycles. The van der Waals surface area contributed by atoms with Gasteiger partial charge in [-0.3, -0.25) is 0 Å². The largest absolute Gasteiger partial charge is 0.496 e. The molecular weight excluding hydrogens is 350 g/mol. The molecule has 4 rings (SSSR count). The van der Waals surface area contributed by atoms with Gasteiger partial charge in [-0.2, -0.15) is 0 Å². The standard InChI is InChI=1S/C20H17NO6/c1-23-15-4-3-5-16(24-2)18(15)19-21-13(20(22)27-19)10-12-6-7-14-17(11-12)26-9-8-25-14/h3-7,10-11H,8-9H2,1-2H3/b13-10+. The molecule has 2 aromatic carbocycles. The fraction of sp³-hybridized carbons (Fsp3) is 0.200. The van der Waals surface area contributed by atoms with E-state index in [0.29, 0.717) is 41.8 Å². The second-order valence-corrected chi connectivity index (χ2v) is 5.78. The number of aliphatic imine (C=N–C) groups is 1. The highest BCUT2D eigenvalue weighted by molar-refractivity contribution is 6.14. The number of hydrogen-bond acceptors (Lipinski definition) is 7. The maximum Gasteiger partial charge on any atom is 0.363 e. The van der Waals surface area contributed by atoms with Crippen molar-refractivity contribution in [3.63, 3.8) is 0 Å². The first kappa shape index (κ1) is 17.0. The summed E-state index contributed by atoms with van der Waals surface area (Å²) in [6.45, 7) is 1.01. The van der Waals surface area contributed by atoms with Crippen molar-refractivity contribution in [3.8, 4) is 23.0 Å². The Morgan fingerprint density at radius 3 is 2.41 bits per heavy atom. The molecule has 0 fully saturated rings. The minimum atomic E-state index is -0.548. The van der Waals surface area contributed by atoms with Gasteiger partial charge in [-0.05, 0) is 35.9 Å². The minimum absolute atomic E-state index is 0.137. The summed E-state index contributed by atoms with van der Waals surface area (Å²) in [7, 11) is 3.06. The maximum atomic E-state index is 12.3. The third kappa shape index (κ3) is 3.19. The molecule has 0 bridgehead atoms. The highest BCUT2D eigenvalue weighted by Gasteiger charge is 2.29. The summed E-state index contributed by atoms with van der Waals surface area (Å²) in [4.78, 5) is 16.6. The lowest BCUT2D eigenvalue weighted by Gasteiger charge is -2.18. The fourth-order valence-corrected chi connectivity index (χ4v) is 2.89. The highest BCUT2D eigenvalue weighted by atomic mass is 16.6. The molecular formula is C20H17NO6. The molecule has 2 heterocycles. The molecule has 0 aromatic heterocycles. The first-order valence-electron chi connectivity index (χ1n) is 8.33. The Morgan fingerprint density at radius 1 is 1.00 bits per heavy atom. The minimum Gasteiger partial charge on any atom is -0.496 e. The van der Waals surface area contributed by atoms with Crippen LogP contribution in [0.4, 0.5) is 0 Å². The number of cyclic esters (lactones) is 1. The third-order valence-corrected chi connectivity index (χ3v) is 4.13. The number of carbonyl (C=O) groups is 1. The Hall–Kier alpha value is -3.48. The molecule has 0 radical (unpaired) electrons. The van der Waals surface area contributed by atoms with Crippen LogP contribution in [0.1, 0.15) is 11.1 Å². The van der Waals surface area contributed by atoms with Crippen LogP contribution in [0.3, 0.4) is 0 Å². The molecule has 0 saturated carbocycles. The molecule has 7 nitrogen and oxygen atoms in total. The van der Waals surface area contributed by atoms with E-state index in [9.17, 15) is 4.79 Å². The van der Waals surface area contributed by atoms with Crippen LogP contribution in [0.25, 0.3) is 6.08 Å². The quantitative estimate of drug-likeness (QED) is 0.611. The maximum absolute atomic E-state index is 12.3. The molecule has 2 aliphatic heterocycles. The van der Waals surface area contributed by atoms with Gasteiger partial charge in [-0.15, -0.1) is 0 Å². The van der Waals surface area contributed by atoms with Gasteiger partial charge in [0.15, 0.2) is 17.2 Å². The van der Waals surface area contributed by atoms with Crippen molar-refractivity contribution in [2.24, 2.45) is 4.99 Å². The lowest BCUT2D eigenvalue weighted by Crippen LogP contribution is -2.15. The zero-order valence-electron chi connectivity index (χ0n) is 14.9. The van der Waals surface area contributed by atoms with Crippen molar-refractivity contribution in [2.75, 3.05) is 27.4 Å². The number of rotatable bonds is 4. The van der Waals surface area contributed by atoms with Crippen molar-refractivity contribution in [1.82, 2.24) is 0 Å². The average Bonchev–Trinajstić information content (AvgIpc) is 3.07. The molecule has 0 amide bonds. The summed E-state index contributed by atoms with van der Waals surface area (Å²) in [6, 6.07) is 10.7. The van der Waals surface area contributed by atoms with E-state index < -0.39 is 5.97 Å². The number of ether oxygens (including phenoxy) is 5. The summed E-state index contributed by atoms with van der Waals surface area (Å²) in [6.07, 6.45) is 1.63. The average molecular weight is 367 g/mol. The molecule has 0 N–H and O–H groups in total. The summed E-state index contributed by atoms with van der Waals surface area (Å²) < 4.78 is 27.1. The van der Waals surface area contributed by atoms with Crippen LogP contribution in [-0.4, -0.2) is 39.3 Å². The van der Waals surface area contributed by atoms with Crippen molar-refractivity contribution >= 4 is 17.9 Å². The van der Waals surface area contributed by atoms with Crippen LogP contribution in [0, 0.1) is 0 Å². The Balaban J connectivity index is 1.71. The molecule has 27 heavy (non-hydrogen) atoms. The number of hydrogen-bond donors (Lipinski definition) is 0. The molecule has 0 unspecified atom stereocenters. The molecule has 0 atom stereocenters. The van der Waals surface area contributed by atoms with Gasteiger partial charge in [-0.1, -0.05) is 12.1 Å². The number of nitrogens with zero attached hydrogens (tertiary/aromatic N) is 1. The van der Waals surface area contributed by atoms with Gasteiger partial charge < -0.3 is 23.7 Å². The second kappa shape index (κ2) is 7.03. The molecule has 2 aromatic rings. The van der Waals surface area contributed by atoms with Gasteiger partial charge in [0.1, 0.15) is 30.3 Å². The van der Waals surface area contributed by atoms with Crippen LogP contribution in [-0.2, 0) is 9.53 Å². The normalized spacial score (nSPS) is 16.7. The fourth-order valence-electron chi connectivity index (χ4n) is 2.89. The smallest absolute Gasteiger partial charge is 0.363 e. The SMILES string of the molecule is COc1cccc(OC)c1C1=N/C(=C/c2ccc3c(c2)OCCO3)C(=O)O1. The van der Waals surface area contributed by atoms with Crippen LogP contribution >= 0.6 is 0 Å². The van der Waals surface area contributed by atoms with E-state index in [4.69, 9.17) is 23.7 Å². The van der Waals surface area contributed by atoms with Crippen LogP contribution in [0.5, 0.6) is 23.0 Å². The van der Waals surface area contributed by atoms with Crippen molar-refractivity contribution in [2.45, 2.75) is 0 Å². The van der Waals surface area contributed by atoms with Gasteiger partial charge in [0.05, 0.1) is 14.2 Å². The lowest BCUT2D eigenvalue weighted by molar-refractivity contribution is -0.129. The first-order chi connectivity index (χ1) is 13.2. The summed E-state index contributed by atoms with van der Waals surface area (Å²) in [5.74, 6) is 1.91. The summed E-state index contributed by atoms with van der Waals surface area (Å²) >= 11 is 0. The molecule has 0 saturated heterocycles. The van der Waals surface area contributed by atoms with Gasteiger partial charge in [-0.25, -0.2) is 9.79 Å². The van der Waals surface area contributed by atoms with Gasteiger partial charge in [0.2, 0.25) is 5.90 Å². The Morgan fingerprint density at radius 2 is 1.70 bits per heavy atom. The third-order valence-electron chi connectivity index (χ3n) is 4.13. The Kier molecular flexibility index (Phi) is 4.42. The Bertz CT molecular complexity index is 941.